The van der Waals surface area contributed by atoms with Gasteiger partial charge in [0.1, 0.15) is 6.17 Å². The van der Waals surface area contributed by atoms with Gasteiger partial charge in [-0.1, -0.05) is 0 Å². The van der Waals surface area contributed by atoms with Crippen LogP contribution in [0.15, 0.2) is 12.1 Å². The molecule has 1 atom stereocenters. The van der Waals surface area contributed by atoms with Crippen molar-refractivity contribution in [3.8, 4) is 0 Å². The lowest BCUT2D eigenvalue weighted by molar-refractivity contribution is 0.0690. The third kappa shape index (κ3) is 1.86. The average molecular weight is 204 g/mol. The number of carboxylic acid groups (broad SMARTS) is 1. The second kappa shape index (κ2) is 3.69. The second-order valence-electron chi connectivity index (χ2n) is 2.79. The number of rotatable bonds is 2. The Morgan fingerprint density at radius 3 is 2.43 bits per heavy atom. The van der Waals surface area contributed by atoms with Gasteiger partial charge in [-0.2, -0.15) is 0 Å². The minimum absolute atomic E-state index is 0.193. The standard InChI is InChI=1S/C9H7F3O2/c1-4(10)5-2-6(9(13)14)8(12)7(11)3-5/h2-4H,1H3,(H,13,14). The fourth-order valence-electron chi connectivity index (χ4n) is 0.995. The minimum Gasteiger partial charge on any atom is -0.478 e. The topological polar surface area (TPSA) is 37.3 Å². The normalized spacial score (nSPS) is 12.6. The van der Waals surface area contributed by atoms with E-state index in [2.05, 4.69) is 0 Å². The van der Waals surface area contributed by atoms with E-state index in [0.717, 1.165) is 13.0 Å². The average Bonchev–Trinajstić information content (AvgIpc) is 2.08. The van der Waals surface area contributed by atoms with Gasteiger partial charge in [-0.05, 0) is 24.6 Å². The molecule has 0 aliphatic rings. The van der Waals surface area contributed by atoms with Crippen LogP contribution < -0.4 is 0 Å². The SMILES string of the molecule is CC(F)c1cc(F)c(F)c(C(=O)O)c1. The quantitative estimate of drug-likeness (QED) is 0.804. The first-order valence-corrected chi connectivity index (χ1v) is 3.79. The van der Waals surface area contributed by atoms with Gasteiger partial charge in [0, 0.05) is 0 Å². The summed E-state index contributed by atoms with van der Waals surface area (Å²) in [5.74, 6) is -4.45. The number of aromatic carboxylic acids is 1. The highest BCUT2D eigenvalue weighted by molar-refractivity contribution is 5.88. The van der Waals surface area contributed by atoms with Crippen LogP contribution in [0.5, 0.6) is 0 Å². The van der Waals surface area contributed by atoms with Crippen LogP contribution in [-0.4, -0.2) is 11.1 Å². The van der Waals surface area contributed by atoms with Crippen molar-refractivity contribution in [2.45, 2.75) is 13.1 Å². The first-order valence-electron chi connectivity index (χ1n) is 3.79. The third-order valence-electron chi connectivity index (χ3n) is 1.74. The van der Waals surface area contributed by atoms with Crippen LogP contribution in [0.3, 0.4) is 0 Å². The molecule has 1 rings (SSSR count). The van der Waals surface area contributed by atoms with Crippen molar-refractivity contribution < 1.29 is 23.1 Å². The molecule has 1 aromatic carbocycles. The molecule has 2 nitrogen and oxygen atoms in total. The van der Waals surface area contributed by atoms with Gasteiger partial charge in [-0.25, -0.2) is 18.0 Å². The van der Waals surface area contributed by atoms with E-state index in [1.54, 1.807) is 0 Å². The number of carboxylic acids is 1. The van der Waals surface area contributed by atoms with Gasteiger partial charge in [0.15, 0.2) is 11.6 Å². The monoisotopic (exact) mass is 204 g/mol. The summed E-state index contributed by atoms with van der Waals surface area (Å²) in [6, 6.07) is 1.43. The molecule has 0 amide bonds. The van der Waals surface area contributed by atoms with E-state index in [1.807, 2.05) is 0 Å². The zero-order chi connectivity index (χ0) is 10.9. The molecular weight excluding hydrogens is 197 g/mol. The molecule has 0 aliphatic heterocycles. The Balaban J connectivity index is 3.35. The first-order chi connectivity index (χ1) is 6.43. The molecule has 1 unspecified atom stereocenters. The Hall–Kier alpha value is -1.52. The maximum absolute atomic E-state index is 12.8. The first kappa shape index (κ1) is 10.6. The van der Waals surface area contributed by atoms with E-state index in [-0.39, 0.29) is 5.56 Å². The Kier molecular flexibility index (Phi) is 2.78. The Bertz CT molecular complexity index is 375. The zero-order valence-corrected chi connectivity index (χ0v) is 7.22. The summed E-state index contributed by atoms with van der Waals surface area (Å²) in [6.45, 7) is 1.11. The molecule has 0 aromatic heterocycles. The largest absolute Gasteiger partial charge is 0.478 e. The van der Waals surface area contributed by atoms with Crippen LogP contribution in [-0.2, 0) is 0 Å². The van der Waals surface area contributed by atoms with Crippen LogP contribution in [0.4, 0.5) is 13.2 Å². The number of halogens is 3. The number of hydrogen-bond acceptors (Lipinski definition) is 1. The Morgan fingerprint density at radius 1 is 1.43 bits per heavy atom. The summed E-state index contributed by atoms with van der Waals surface area (Å²) in [7, 11) is 0. The van der Waals surface area contributed by atoms with Gasteiger partial charge in [0.05, 0.1) is 5.56 Å². The van der Waals surface area contributed by atoms with Crippen molar-refractivity contribution in [3.63, 3.8) is 0 Å². The fraction of sp³-hybridized carbons (Fsp3) is 0.222. The molecule has 1 N–H and O–H groups in total. The maximum Gasteiger partial charge on any atom is 0.338 e. The summed E-state index contributed by atoms with van der Waals surface area (Å²) < 4.78 is 38.3. The Morgan fingerprint density at radius 2 is 2.00 bits per heavy atom. The lowest BCUT2D eigenvalue weighted by Crippen LogP contribution is -2.05. The highest BCUT2D eigenvalue weighted by Crippen LogP contribution is 2.22. The van der Waals surface area contributed by atoms with Gasteiger partial charge >= 0.3 is 5.97 Å². The number of hydrogen-bond donors (Lipinski definition) is 1. The van der Waals surface area contributed by atoms with Crippen molar-refractivity contribution in [1.82, 2.24) is 0 Å². The van der Waals surface area contributed by atoms with Crippen LogP contribution in [0, 0.1) is 11.6 Å². The van der Waals surface area contributed by atoms with Crippen LogP contribution in [0.2, 0.25) is 0 Å². The third-order valence-corrected chi connectivity index (χ3v) is 1.74. The number of benzene rings is 1. The molecule has 0 aliphatic carbocycles. The second-order valence-corrected chi connectivity index (χ2v) is 2.79. The highest BCUT2D eigenvalue weighted by atomic mass is 19.2. The summed E-state index contributed by atoms with van der Waals surface area (Å²) >= 11 is 0. The molecule has 14 heavy (non-hydrogen) atoms. The lowest BCUT2D eigenvalue weighted by Gasteiger charge is -2.05. The van der Waals surface area contributed by atoms with E-state index in [1.165, 1.54) is 0 Å². The molecule has 0 saturated carbocycles. The van der Waals surface area contributed by atoms with Gasteiger partial charge < -0.3 is 5.11 Å². The fourth-order valence-corrected chi connectivity index (χ4v) is 0.995. The predicted octanol–water partition coefficient (Wildman–Crippen LogP) is 2.69. The smallest absolute Gasteiger partial charge is 0.338 e. The summed E-state index contributed by atoms with van der Waals surface area (Å²) in [4.78, 5) is 10.4. The maximum atomic E-state index is 12.8. The molecule has 0 spiro atoms. The molecule has 0 heterocycles. The molecule has 76 valence electrons. The molecule has 1 aromatic rings. The number of carbonyl (C=O) groups is 1. The van der Waals surface area contributed by atoms with Crippen molar-refractivity contribution in [1.29, 1.82) is 0 Å². The van der Waals surface area contributed by atoms with Gasteiger partial charge in [0.2, 0.25) is 0 Å². The molecular formula is C9H7F3O2. The summed E-state index contributed by atoms with van der Waals surface area (Å²) in [5, 5.41) is 8.47. The molecule has 0 bridgehead atoms. The van der Waals surface area contributed by atoms with E-state index < -0.39 is 29.3 Å². The van der Waals surface area contributed by atoms with E-state index >= 15 is 0 Å². The van der Waals surface area contributed by atoms with E-state index in [9.17, 15) is 18.0 Å². The van der Waals surface area contributed by atoms with Crippen molar-refractivity contribution >= 4 is 5.97 Å². The van der Waals surface area contributed by atoms with Crippen molar-refractivity contribution in [2.24, 2.45) is 0 Å². The summed E-state index contributed by atoms with van der Waals surface area (Å²) in [6.07, 6.45) is -1.54. The van der Waals surface area contributed by atoms with Crippen LogP contribution >= 0.6 is 0 Å². The summed E-state index contributed by atoms with van der Waals surface area (Å²) in [5.41, 5.74) is -1.05. The zero-order valence-electron chi connectivity index (χ0n) is 7.22. The highest BCUT2D eigenvalue weighted by Gasteiger charge is 2.18. The van der Waals surface area contributed by atoms with Gasteiger partial charge in [-0.3, -0.25) is 0 Å². The predicted molar refractivity (Wildman–Crippen MR) is 42.8 cm³/mol. The van der Waals surface area contributed by atoms with Crippen LogP contribution in [0.1, 0.15) is 29.0 Å². The molecule has 0 fully saturated rings. The van der Waals surface area contributed by atoms with Crippen LogP contribution in [0.25, 0.3) is 0 Å². The molecule has 0 radical (unpaired) electrons. The van der Waals surface area contributed by atoms with Gasteiger partial charge in [0.25, 0.3) is 0 Å². The van der Waals surface area contributed by atoms with Crippen molar-refractivity contribution in [2.75, 3.05) is 0 Å². The molecule has 0 saturated heterocycles. The number of alkyl halides is 1. The molecule has 5 heteroatoms. The van der Waals surface area contributed by atoms with E-state index in [0.29, 0.717) is 6.07 Å². The lowest BCUT2D eigenvalue weighted by atomic mass is 10.1. The minimum atomic E-state index is -1.62. The Labute approximate surface area is 78.0 Å². The van der Waals surface area contributed by atoms with Gasteiger partial charge in [-0.15, -0.1) is 0 Å². The van der Waals surface area contributed by atoms with Crippen molar-refractivity contribution in [3.05, 3.63) is 34.9 Å². The van der Waals surface area contributed by atoms with E-state index in [4.69, 9.17) is 5.11 Å².